The predicted octanol–water partition coefficient (Wildman–Crippen LogP) is 4.31. The molecule has 170 valence electrons. The van der Waals surface area contributed by atoms with E-state index in [4.69, 9.17) is 0 Å². The van der Waals surface area contributed by atoms with Gasteiger partial charge < -0.3 is 15.2 Å². The molecule has 4 rings (SSSR count). The quantitative estimate of drug-likeness (QED) is 0.439. The van der Waals surface area contributed by atoms with Crippen molar-refractivity contribution in [2.75, 3.05) is 5.32 Å². The van der Waals surface area contributed by atoms with Gasteiger partial charge in [-0.3, -0.25) is 14.4 Å². The first kappa shape index (κ1) is 22.7. The number of carbonyl (C=O) groups is 2. The molecule has 6 nitrogen and oxygen atoms in total. The molecule has 0 aliphatic carbocycles. The number of hydrogen-bond acceptors (Lipinski definition) is 3. The lowest BCUT2D eigenvalue weighted by Gasteiger charge is -2.20. The Morgan fingerprint density at radius 2 is 1.38 bits per heavy atom. The summed E-state index contributed by atoms with van der Waals surface area (Å²) in [5, 5.41) is 5.87. The van der Waals surface area contributed by atoms with Crippen LogP contribution in [0.3, 0.4) is 0 Å². The van der Waals surface area contributed by atoms with Gasteiger partial charge in [0.25, 0.3) is 11.5 Å². The van der Waals surface area contributed by atoms with Gasteiger partial charge in [-0.2, -0.15) is 0 Å². The lowest BCUT2D eigenvalue weighted by Crippen LogP contribution is -2.29. The van der Waals surface area contributed by atoms with Gasteiger partial charge in [0.15, 0.2) is 0 Å². The molecule has 1 heterocycles. The van der Waals surface area contributed by atoms with E-state index in [-0.39, 0.29) is 30.0 Å². The zero-order chi connectivity index (χ0) is 23.9. The van der Waals surface area contributed by atoms with E-state index in [1.54, 1.807) is 36.5 Å². The van der Waals surface area contributed by atoms with Gasteiger partial charge in [-0.05, 0) is 47.9 Å². The Hall–Kier alpha value is -4.45. The number of anilines is 1. The van der Waals surface area contributed by atoms with Gasteiger partial charge in [-0.1, -0.05) is 66.7 Å². The van der Waals surface area contributed by atoms with Gasteiger partial charge >= 0.3 is 0 Å². The molecule has 6 heteroatoms. The van der Waals surface area contributed by atoms with E-state index < -0.39 is 0 Å². The summed E-state index contributed by atoms with van der Waals surface area (Å²) in [6, 6.07) is 29.1. The summed E-state index contributed by atoms with van der Waals surface area (Å²) in [5.74, 6) is -0.542. The summed E-state index contributed by atoms with van der Waals surface area (Å²) in [4.78, 5) is 37.3. The number of benzene rings is 3. The van der Waals surface area contributed by atoms with Crippen molar-refractivity contribution >= 4 is 17.5 Å². The monoisotopic (exact) mass is 451 g/mol. The van der Waals surface area contributed by atoms with Gasteiger partial charge in [0, 0.05) is 23.5 Å². The van der Waals surface area contributed by atoms with Crippen molar-refractivity contribution in [2.24, 2.45) is 0 Å². The molecule has 0 atom stereocenters. The SMILES string of the molecule is Cc1ccc(=O)n(CC(=O)Nc2ccc(C(=O)NC(c3ccccc3)c3ccccc3)cc2)c1. The average molecular weight is 452 g/mol. The Bertz CT molecular complexity index is 1290. The van der Waals surface area contributed by atoms with Gasteiger partial charge in [0.2, 0.25) is 5.91 Å². The van der Waals surface area contributed by atoms with Crippen LogP contribution in [0.2, 0.25) is 0 Å². The Kier molecular flexibility index (Phi) is 6.98. The Morgan fingerprint density at radius 1 is 0.794 bits per heavy atom. The molecule has 34 heavy (non-hydrogen) atoms. The highest BCUT2D eigenvalue weighted by Crippen LogP contribution is 2.22. The van der Waals surface area contributed by atoms with Crippen LogP contribution < -0.4 is 16.2 Å². The van der Waals surface area contributed by atoms with E-state index in [1.807, 2.05) is 67.6 Å². The zero-order valence-corrected chi connectivity index (χ0v) is 18.8. The number of hydrogen-bond donors (Lipinski definition) is 2. The molecule has 0 radical (unpaired) electrons. The molecule has 0 aliphatic heterocycles. The second kappa shape index (κ2) is 10.4. The third-order valence-electron chi connectivity index (χ3n) is 5.42. The zero-order valence-electron chi connectivity index (χ0n) is 18.8. The number of amides is 2. The number of pyridine rings is 1. The third kappa shape index (κ3) is 5.66. The Labute approximate surface area is 197 Å². The van der Waals surface area contributed by atoms with Crippen molar-refractivity contribution < 1.29 is 9.59 Å². The Morgan fingerprint density at radius 3 is 1.97 bits per heavy atom. The maximum Gasteiger partial charge on any atom is 0.252 e. The van der Waals surface area contributed by atoms with Crippen molar-refractivity contribution in [3.05, 3.63) is 136 Å². The molecule has 0 bridgehead atoms. The van der Waals surface area contributed by atoms with Crippen LogP contribution in [0.4, 0.5) is 5.69 Å². The molecular formula is C28H25N3O3. The summed E-state index contributed by atoms with van der Waals surface area (Å²) < 4.78 is 1.36. The minimum atomic E-state index is -0.321. The Balaban J connectivity index is 1.44. The van der Waals surface area contributed by atoms with Gasteiger partial charge in [-0.15, -0.1) is 0 Å². The summed E-state index contributed by atoms with van der Waals surface area (Å²) in [7, 11) is 0. The molecule has 3 aromatic carbocycles. The third-order valence-corrected chi connectivity index (χ3v) is 5.42. The van der Waals surface area contributed by atoms with Crippen LogP contribution in [0.5, 0.6) is 0 Å². The summed E-state index contributed by atoms with van der Waals surface area (Å²) in [5.41, 5.74) is 3.65. The van der Waals surface area contributed by atoms with Gasteiger partial charge in [-0.25, -0.2) is 0 Å². The fraction of sp³-hybridized carbons (Fsp3) is 0.107. The first-order valence-electron chi connectivity index (χ1n) is 11.0. The number of carbonyl (C=O) groups excluding carboxylic acids is 2. The second-order valence-electron chi connectivity index (χ2n) is 8.03. The first-order chi connectivity index (χ1) is 16.5. The lowest BCUT2D eigenvalue weighted by atomic mass is 9.98. The minimum absolute atomic E-state index is 0.0847. The molecule has 0 saturated heterocycles. The van der Waals surface area contributed by atoms with Crippen molar-refractivity contribution in [1.82, 2.24) is 9.88 Å². The molecule has 0 spiro atoms. The lowest BCUT2D eigenvalue weighted by molar-refractivity contribution is -0.116. The topological polar surface area (TPSA) is 80.2 Å². The molecule has 0 aliphatic rings. The van der Waals surface area contributed by atoms with Crippen LogP contribution in [-0.4, -0.2) is 16.4 Å². The molecule has 0 unspecified atom stereocenters. The van der Waals surface area contributed by atoms with Crippen LogP contribution in [-0.2, 0) is 11.3 Å². The van der Waals surface area contributed by atoms with Crippen molar-refractivity contribution in [3.8, 4) is 0 Å². The maximum atomic E-state index is 13.0. The highest BCUT2D eigenvalue weighted by atomic mass is 16.2. The molecule has 4 aromatic rings. The highest BCUT2D eigenvalue weighted by molar-refractivity contribution is 5.96. The maximum absolute atomic E-state index is 13.0. The fourth-order valence-electron chi connectivity index (χ4n) is 3.70. The van der Waals surface area contributed by atoms with Crippen LogP contribution in [0.25, 0.3) is 0 Å². The number of rotatable bonds is 7. The molecule has 2 N–H and O–H groups in total. The highest BCUT2D eigenvalue weighted by Gasteiger charge is 2.17. The van der Waals surface area contributed by atoms with E-state index in [2.05, 4.69) is 10.6 Å². The van der Waals surface area contributed by atoms with E-state index in [0.29, 0.717) is 11.3 Å². The number of aryl methyl sites for hydroxylation is 1. The van der Waals surface area contributed by atoms with Gasteiger partial charge in [0.05, 0.1) is 6.04 Å². The van der Waals surface area contributed by atoms with Gasteiger partial charge in [0.1, 0.15) is 6.54 Å². The van der Waals surface area contributed by atoms with Crippen molar-refractivity contribution in [3.63, 3.8) is 0 Å². The molecule has 0 saturated carbocycles. The standard InChI is InChI=1S/C28H25N3O3/c1-20-12-17-26(33)31(18-20)19-25(32)29-24-15-13-23(14-16-24)28(34)30-27(21-8-4-2-5-9-21)22-10-6-3-7-11-22/h2-18,27H,19H2,1H3,(H,29,32)(H,30,34). The second-order valence-corrected chi connectivity index (χ2v) is 8.03. The molecule has 1 aromatic heterocycles. The van der Waals surface area contributed by atoms with Crippen LogP contribution in [0, 0.1) is 6.92 Å². The smallest absolute Gasteiger partial charge is 0.252 e. The molecule has 0 fully saturated rings. The van der Waals surface area contributed by atoms with Crippen LogP contribution in [0.1, 0.15) is 33.1 Å². The van der Waals surface area contributed by atoms with Crippen molar-refractivity contribution in [1.29, 1.82) is 0 Å². The summed E-state index contributed by atoms with van der Waals surface area (Å²) in [6.07, 6.45) is 1.64. The summed E-state index contributed by atoms with van der Waals surface area (Å²) >= 11 is 0. The predicted molar refractivity (Wildman–Crippen MR) is 133 cm³/mol. The summed E-state index contributed by atoms with van der Waals surface area (Å²) in [6.45, 7) is 1.77. The van der Waals surface area contributed by atoms with E-state index in [0.717, 1.165) is 16.7 Å². The van der Waals surface area contributed by atoms with Crippen molar-refractivity contribution in [2.45, 2.75) is 19.5 Å². The first-order valence-corrected chi connectivity index (χ1v) is 11.0. The largest absolute Gasteiger partial charge is 0.341 e. The van der Waals surface area contributed by atoms with E-state index in [1.165, 1.54) is 10.6 Å². The average Bonchev–Trinajstić information content (AvgIpc) is 2.86. The number of nitrogens with zero attached hydrogens (tertiary/aromatic N) is 1. The number of aromatic nitrogens is 1. The van der Waals surface area contributed by atoms with Crippen LogP contribution >= 0.6 is 0 Å². The number of nitrogens with one attached hydrogen (secondary N) is 2. The van der Waals surface area contributed by atoms with E-state index >= 15 is 0 Å². The van der Waals surface area contributed by atoms with Crippen LogP contribution in [0.15, 0.2) is 108 Å². The van der Waals surface area contributed by atoms with E-state index in [9.17, 15) is 14.4 Å². The normalized spacial score (nSPS) is 10.6. The molecular weight excluding hydrogens is 426 g/mol. The minimum Gasteiger partial charge on any atom is -0.341 e. The molecule has 2 amide bonds. The fourth-order valence-corrected chi connectivity index (χ4v) is 3.70.